The minimum atomic E-state index is 0.723. The number of benzene rings is 2. The second-order valence-corrected chi connectivity index (χ2v) is 8.63. The number of hydrogen-bond donors (Lipinski definition) is 1. The van der Waals surface area contributed by atoms with Crippen molar-refractivity contribution in [2.75, 3.05) is 5.32 Å². The second-order valence-electron chi connectivity index (χ2n) is 6.10. The Bertz CT molecular complexity index is 1270. The van der Waals surface area contributed by atoms with Gasteiger partial charge in [0.15, 0.2) is 0 Å². The average Bonchev–Trinajstić information content (AvgIpc) is 3.25. The molecule has 27 heavy (non-hydrogen) atoms. The van der Waals surface area contributed by atoms with Crippen molar-refractivity contribution in [2.45, 2.75) is 6.92 Å². The molecule has 0 fully saturated rings. The molecule has 1 N–H and O–H groups in total. The van der Waals surface area contributed by atoms with Gasteiger partial charge in [0.1, 0.15) is 17.0 Å². The summed E-state index contributed by atoms with van der Waals surface area (Å²) < 4.78 is 1.16. The number of aryl methyl sites for hydroxylation is 1. The van der Waals surface area contributed by atoms with Gasteiger partial charge >= 0.3 is 0 Å². The normalized spacial score (nSPS) is 11.3. The zero-order valence-electron chi connectivity index (χ0n) is 14.2. The topological polar surface area (TPSA) is 50.7 Å². The van der Waals surface area contributed by atoms with Gasteiger partial charge in [-0.15, -0.1) is 22.7 Å². The standard InChI is InChI=1S/C20H13ClN4S2/c1-11-24-16-7-6-14(8-17(16)27-11)25-19-18-15(9-26-20(18)23-10-22-19)12-2-4-13(21)5-3-12/h2-10H,1H3,(H,22,23,25). The maximum absolute atomic E-state index is 6.04. The fourth-order valence-corrected chi connectivity index (χ4v) is 4.97. The molecule has 7 heteroatoms. The lowest BCUT2D eigenvalue weighted by molar-refractivity contribution is 1.23. The molecular weight excluding hydrogens is 396 g/mol. The Morgan fingerprint density at radius 1 is 1.04 bits per heavy atom. The number of fused-ring (bicyclic) bond motifs is 2. The molecule has 5 aromatic rings. The van der Waals surface area contributed by atoms with E-state index in [0.29, 0.717) is 0 Å². The fraction of sp³-hybridized carbons (Fsp3) is 0.0500. The number of thiazole rings is 1. The van der Waals surface area contributed by atoms with Crippen LogP contribution in [0.25, 0.3) is 31.6 Å². The van der Waals surface area contributed by atoms with Gasteiger partial charge in [-0.1, -0.05) is 23.7 Å². The maximum atomic E-state index is 6.04. The zero-order valence-corrected chi connectivity index (χ0v) is 16.6. The lowest BCUT2D eigenvalue weighted by Gasteiger charge is -2.08. The van der Waals surface area contributed by atoms with Crippen LogP contribution in [0.4, 0.5) is 11.5 Å². The molecule has 3 aromatic heterocycles. The van der Waals surface area contributed by atoms with Crippen LogP contribution < -0.4 is 5.32 Å². The fourth-order valence-electron chi connectivity index (χ4n) is 3.07. The lowest BCUT2D eigenvalue weighted by atomic mass is 10.1. The molecule has 0 atom stereocenters. The van der Waals surface area contributed by atoms with Gasteiger partial charge in [-0.3, -0.25) is 0 Å². The van der Waals surface area contributed by atoms with Gasteiger partial charge < -0.3 is 5.32 Å². The zero-order chi connectivity index (χ0) is 18.4. The van der Waals surface area contributed by atoms with E-state index in [1.54, 1.807) is 29.0 Å². The van der Waals surface area contributed by atoms with E-state index < -0.39 is 0 Å². The van der Waals surface area contributed by atoms with Gasteiger partial charge in [-0.05, 0) is 42.8 Å². The molecular formula is C20H13ClN4S2. The highest BCUT2D eigenvalue weighted by Crippen LogP contribution is 2.38. The van der Waals surface area contributed by atoms with E-state index in [1.807, 2.05) is 43.3 Å². The van der Waals surface area contributed by atoms with E-state index in [1.165, 1.54) is 0 Å². The SMILES string of the molecule is Cc1nc2ccc(Nc3ncnc4scc(-c5ccc(Cl)cc5)c34)cc2s1. The van der Waals surface area contributed by atoms with Crippen LogP contribution in [0.2, 0.25) is 5.02 Å². The molecule has 4 nitrogen and oxygen atoms in total. The molecule has 0 unspecified atom stereocenters. The predicted molar refractivity (Wildman–Crippen MR) is 116 cm³/mol. The molecule has 0 aliphatic rings. The summed E-state index contributed by atoms with van der Waals surface area (Å²) in [7, 11) is 0. The van der Waals surface area contributed by atoms with Crippen molar-refractivity contribution >= 4 is 66.2 Å². The molecule has 132 valence electrons. The number of halogens is 1. The smallest absolute Gasteiger partial charge is 0.143 e. The molecule has 0 aliphatic heterocycles. The van der Waals surface area contributed by atoms with Gasteiger partial charge in [0.25, 0.3) is 0 Å². The van der Waals surface area contributed by atoms with E-state index >= 15 is 0 Å². The maximum Gasteiger partial charge on any atom is 0.143 e. The Hall–Kier alpha value is -2.54. The van der Waals surface area contributed by atoms with Crippen molar-refractivity contribution in [1.82, 2.24) is 15.0 Å². The third-order valence-corrected chi connectivity index (χ3v) is 6.36. The van der Waals surface area contributed by atoms with Crippen molar-refractivity contribution in [3.8, 4) is 11.1 Å². The van der Waals surface area contributed by atoms with Crippen LogP contribution in [-0.4, -0.2) is 15.0 Å². The van der Waals surface area contributed by atoms with E-state index in [4.69, 9.17) is 11.6 Å². The van der Waals surface area contributed by atoms with Crippen LogP contribution in [0.15, 0.2) is 54.2 Å². The van der Waals surface area contributed by atoms with Crippen LogP contribution in [-0.2, 0) is 0 Å². The average molecular weight is 409 g/mol. The van der Waals surface area contributed by atoms with E-state index in [9.17, 15) is 0 Å². The van der Waals surface area contributed by atoms with Gasteiger partial charge in [-0.25, -0.2) is 15.0 Å². The summed E-state index contributed by atoms with van der Waals surface area (Å²) in [5.41, 5.74) is 4.20. The Labute approximate surface area is 168 Å². The Balaban J connectivity index is 1.61. The summed E-state index contributed by atoms with van der Waals surface area (Å²) in [5, 5.41) is 8.39. The van der Waals surface area contributed by atoms with Crippen LogP contribution in [0.1, 0.15) is 5.01 Å². The molecule has 2 aromatic carbocycles. The quantitative estimate of drug-likeness (QED) is 0.362. The van der Waals surface area contributed by atoms with Gasteiger partial charge in [0, 0.05) is 21.7 Å². The summed E-state index contributed by atoms with van der Waals surface area (Å²) in [6.45, 7) is 2.02. The van der Waals surface area contributed by atoms with Crippen molar-refractivity contribution < 1.29 is 0 Å². The van der Waals surface area contributed by atoms with Crippen LogP contribution >= 0.6 is 34.3 Å². The molecule has 0 saturated carbocycles. The third kappa shape index (κ3) is 3.06. The lowest BCUT2D eigenvalue weighted by Crippen LogP contribution is -1.95. The summed E-state index contributed by atoms with van der Waals surface area (Å²) in [4.78, 5) is 14.4. The van der Waals surface area contributed by atoms with Crippen molar-refractivity contribution in [2.24, 2.45) is 0 Å². The summed E-state index contributed by atoms with van der Waals surface area (Å²) in [5.74, 6) is 0.798. The second kappa shape index (κ2) is 6.56. The number of hydrogen-bond acceptors (Lipinski definition) is 6. The molecule has 0 spiro atoms. The summed E-state index contributed by atoms with van der Waals surface area (Å²) in [6.07, 6.45) is 1.60. The number of anilines is 2. The van der Waals surface area contributed by atoms with E-state index in [0.717, 1.165) is 53.1 Å². The monoisotopic (exact) mass is 408 g/mol. The van der Waals surface area contributed by atoms with Crippen molar-refractivity contribution in [3.05, 3.63) is 64.2 Å². The largest absolute Gasteiger partial charge is 0.340 e. The molecule has 0 radical (unpaired) electrons. The van der Waals surface area contributed by atoms with Crippen molar-refractivity contribution in [1.29, 1.82) is 0 Å². The highest BCUT2D eigenvalue weighted by atomic mass is 35.5. The minimum Gasteiger partial charge on any atom is -0.340 e. The molecule has 3 heterocycles. The Morgan fingerprint density at radius 2 is 1.89 bits per heavy atom. The van der Waals surface area contributed by atoms with E-state index in [-0.39, 0.29) is 0 Å². The molecule has 0 bridgehead atoms. The molecule has 5 rings (SSSR count). The summed E-state index contributed by atoms with van der Waals surface area (Å²) >= 11 is 9.34. The number of aromatic nitrogens is 3. The highest BCUT2D eigenvalue weighted by molar-refractivity contribution is 7.18. The first-order chi connectivity index (χ1) is 13.2. The number of thiophene rings is 1. The van der Waals surface area contributed by atoms with Crippen LogP contribution in [0.3, 0.4) is 0 Å². The Kier molecular flexibility index (Phi) is 4.04. The summed E-state index contributed by atoms with van der Waals surface area (Å²) in [6, 6.07) is 14.0. The first-order valence-electron chi connectivity index (χ1n) is 8.30. The van der Waals surface area contributed by atoms with Crippen LogP contribution in [0, 0.1) is 6.92 Å². The first-order valence-corrected chi connectivity index (χ1v) is 10.4. The van der Waals surface area contributed by atoms with Gasteiger partial charge in [0.05, 0.1) is 20.6 Å². The molecule has 0 saturated heterocycles. The van der Waals surface area contributed by atoms with Gasteiger partial charge in [0.2, 0.25) is 0 Å². The minimum absolute atomic E-state index is 0.723. The van der Waals surface area contributed by atoms with E-state index in [2.05, 4.69) is 31.7 Å². The van der Waals surface area contributed by atoms with Crippen LogP contribution in [0.5, 0.6) is 0 Å². The molecule has 0 aliphatic carbocycles. The molecule has 0 amide bonds. The first kappa shape index (κ1) is 16.6. The predicted octanol–water partition coefficient (Wildman–Crippen LogP) is 6.67. The van der Waals surface area contributed by atoms with Gasteiger partial charge in [-0.2, -0.15) is 0 Å². The van der Waals surface area contributed by atoms with Crippen molar-refractivity contribution in [3.63, 3.8) is 0 Å². The Morgan fingerprint density at radius 3 is 2.74 bits per heavy atom. The number of rotatable bonds is 3. The highest BCUT2D eigenvalue weighted by Gasteiger charge is 2.14. The number of nitrogens with one attached hydrogen (secondary N) is 1. The third-order valence-electron chi connectivity index (χ3n) is 4.28. The number of nitrogens with zero attached hydrogens (tertiary/aromatic N) is 3.